The normalized spacial score (nSPS) is 16.0. The molecule has 2 aromatic rings. The first-order valence-electron chi connectivity index (χ1n) is 7.67. The van der Waals surface area contributed by atoms with Crippen LogP contribution in [-0.2, 0) is 0 Å². The molecular formula is C17H21N3O2. The molecule has 3 rings (SSSR count). The molecule has 0 unspecified atom stereocenters. The minimum absolute atomic E-state index is 0.0217. The fourth-order valence-electron chi connectivity index (χ4n) is 2.78. The van der Waals surface area contributed by atoms with Crippen molar-refractivity contribution in [3.05, 3.63) is 36.0 Å². The average Bonchev–Trinajstić information content (AvgIpc) is 2.60. The molecule has 2 heterocycles. The van der Waals surface area contributed by atoms with E-state index in [4.69, 9.17) is 4.74 Å². The highest BCUT2D eigenvalue weighted by Gasteiger charge is 2.22. The summed E-state index contributed by atoms with van der Waals surface area (Å²) in [6, 6.07) is 9.41. The van der Waals surface area contributed by atoms with Gasteiger partial charge in [-0.15, -0.1) is 0 Å². The van der Waals surface area contributed by atoms with E-state index in [0.29, 0.717) is 5.69 Å². The third-order valence-electron chi connectivity index (χ3n) is 4.22. The van der Waals surface area contributed by atoms with Gasteiger partial charge in [-0.3, -0.25) is 4.79 Å². The van der Waals surface area contributed by atoms with Gasteiger partial charge in [-0.2, -0.15) is 0 Å². The zero-order chi connectivity index (χ0) is 15.5. The van der Waals surface area contributed by atoms with E-state index in [2.05, 4.69) is 16.8 Å². The van der Waals surface area contributed by atoms with Crippen molar-refractivity contribution in [3.63, 3.8) is 0 Å². The fourth-order valence-corrected chi connectivity index (χ4v) is 2.78. The maximum absolute atomic E-state index is 12.6. The lowest BCUT2D eigenvalue weighted by Gasteiger charge is -2.33. The molecule has 1 aromatic carbocycles. The Balaban J connectivity index is 1.79. The Bertz CT molecular complexity index is 679. The largest absolute Gasteiger partial charge is 0.497 e. The summed E-state index contributed by atoms with van der Waals surface area (Å²) < 4.78 is 5.21. The van der Waals surface area contributed by atoms with E-state index in [1.54, 1.807) is 13.2 Å². The molecule has 5 nitrogen and oxygen atoms in total. The van der Waals surface area contributed by atoms with Crippen LogP contribution in [0.2, 0.25) is 0 Å². The molecule has 0 N–H and O–H groups in total. The number of benzene rings is 1. The highest BCUT2D eigenvalue weighted by atomic mass is 16.5. The second-order valence-corrected chi connectivity index (χ2v) is 5.48. The molecule has 1 aliphatic rings. The predicted octanol–water partition coefficient (Wildman–Crippen LogP) is 2.02. The average molecular weight is 299 g/mol. The Labute approximate surface area is 130 Å². The molecule has 0 spiro atoms. The van der Waals surface area contributed by atoms with Gasteiger partial charge in [0, 0.05) is 31.6 Å². The van der Waals surface area contributed by atoms with Crippen molar-refractivity contribution >= 4 is 16.8 Å². The smallest absolute Gasteiger partial charge is 0.272 e. The molecule has 0 atom stereocenters. The molecule has 0 aliphatic carbocycles. The SMILES string of the molecule is CCN1CCN(C(=O)c2ccc3cc(OC)ccc3n2)CC1. The number of rotatable bonds is 3. The van der Waals surface area contributed by atoms with E-state index in [-0.39, 0.29) is 5.91 Å². The third-order valence-corrected chi connectivity index (χ3v) is 4.22. The number of fused-ring (bicyclic) bond motifs is 1. The Hall–Kier alpha value is -2.14. The molecule has 0 bridgehead atoms. The number of nitrogens with zero attached hydrogens (tertiary/aromatic N) is 3. The zero-order valence-electron chi connectivity index (χ0n) is 13.1. The quantitative estimate of drug-likeness (QED) is 0.870. The minimum Gasteiger partial charge on any atom is -0.497 e. The van der Waals surface area contributed by atoms with Gasteiger partial charge >= 0.3 is 0 Å². The maximum atomic E-state index is 12.6. The number of carbonyl (C=O) groups is 1. The van der Waals surface area contributed by atoms with E-state index in [9.17, 15) is 4.79 Å². The van der Waals surface area contributed by atoms with Crippen LogP contribution in [0.1, 0.15) is 17.4 Å². The highest BCUT2D eigenvalue weighted by molar-refractivity contribution is 5.95. The molecule has 22 heavy (non-hydrogen) atoms. The number of methoxy groups -OCH3 is 1. The van der Waals surface area contributed by atoms with Gasteiger partial charge in [0.1, 0.15) is 11.4 Å². The Morgan fingerprint density at radius 3 is 2.64 bits per heavy atom. The number of aromatic nitrogens is 1. The zero-order valence-corrected chi connectivity index (χ0v) is 13.1. The van der Waals surface area contributed by atoms with Gasteiger partial charge in [0.05, 0.1) is 12.6 Å². The number of likely N-dealkylation sites (N-methyl/N-ethyl adjacent to an activating group) is 1. The van der Waals surface area contributed by atoms with E-state index >= 15 is 0 Å². The molecule has 0 radical (unpaired) electrons. The number of hydrogen-bond acceptors (Lipinski definition) is 4. The summed E-state index contributed by atoms with van der Waals surface area (Å²) in [5.74, 6) is 0.817. The topological polar surface area (TPSA) is 45.7 Å². The Kier molecular flexibility index (Phi) is 4.24. The van der Waals surface area contributed by atoms with Crippen LogP contribution >= 0.6 is 0 Å². The van der Waals surface area contributed by atoms with Crippen LogP contribution in [-0.4, -0.2) is 60.5 Å². The summed E-state index contributed by atoms with van der Waals surface area (Å²) in [4.78, 5) is 21.3. The van der Waals surface area contributed by atoms with Crippen LogP contribution in [0.25, 0.3) is 10.9 Å². The third kappa shape index (κ3) is 2.90. The lowest BCUT2D eigenvalue weighted by Crippen LogP contribution is -2.48. The summed E-state index contributed by atoms with van der Waals surface area (Å²) in [5.41, 5.74) is 1.33. The first-order valence-corrected chi connectivity index (χ1v) is 7.67. The van der Waals surface area contributed by atoms with Gasteiger partial charge in [-0.05, 0) is 30.8 Å². The second-order valence-electron chi connectivity index (χ2n) is 5.48. The molecule has 1 saturated heterocycles. The van der Waals surface area contributed by atoms with Crippen LogP contribution in [0.15, 0.2) is 30.3 Å². The van der Waals surface area contributed by atoms with Gasteiger partial charge in [-0.25, -0.2) is 4.98 Å². The summed E-state index contributed by atoms with van der Waals surface area (Å²) in [6.07, 6.45) is 0. The first-order chi connectivity index (χ1) is 10.7. The molecule has 116 valence electrons. The van der Waals surface area contributed by atoms with E-state index < -0.39 is 0 Å². The van der Waals surface area contributed by atoms with E-state index in [1.807, 2.05) is 29.2 Å². The van der Waals surface area contributed by atoms with Gasteiger partial charge in [0.25, 0.3) is 5.91 Å². The van der Waals surface area contributed by atoms with Crippen molar-refractivity contribution in [2.24, 2.45) is 0 Å². The molecule has 1 aromatic heterocycles. The molecule has 1 amide bonds. The van der Waals surface area contributed by atoms with Crippen LogP contribution in [0.5, 0.6) is 5.75 Å². The summed E-state index contributed by atoms with van der Waals surface area (Å²) in [6.45, 7) is 6.61. The van der Waals surface area contributed by atoms with Crippen molar-refractivity contribution in [2.75, 3.05) is 39.8 Å². The summed E-state index contributed by atoms with van der Waals surface area (Å²) >= 11 is 0. The van der Waals surface area contributed by atoms with Crippen molar-refractivity contribution in [1.82, 2.24) is 14.8 Å². The number of ether oxygens (including phenoxy) is 1. The van der Waals surface area contributed by atoms with Crippen LogP contribution in [0.3, 0.4) is 0 Å². The number of piperazine rings is 1. The number of pyridine rings is 1. The van der Waals surface area contributed by atoms with E-state index in [0.717, 1.165) is 49.4 Å². The number of carbonyl (C=O) groups excluding carboxylic acids is 1. The van der Waals surface area contributed by atoms with E-state index in [1.165, 1.54) is 0 Å². The molecular weight excluding hydrogens is 278 g/mol. The summed E-state index contributed by atoms with van der Waals surface area (Å²) in [7, 11) is 1.64. The highest BCUT2D eigenvalue weighted by Crippen LogP contribution is 2.20. The predicted molar refractivity (Wildman–Crippen MR) is 86.3 cm³/mol. The van der Waals surface area contributed by atoms with Gasteiger partial charge < -0.3 is 14.5 Å². The molecule has 5 heteroatoms. The molecule has 1 fully saturated rings. The number of hydrogen-bond donors (Lipinski definition) is 0. The fraction of sp³-hybridized carbons (Fsp3) is 0.412. The van der Waals surface area contributed by atoms with Gasteiger partial charge in [0.15, 0.2) is 0 Å². The number of amides is 1. The Morgan fingerprint density at radius 2 is 1.95 bits per heavy atom. The molecule has 1 aliphatic heterocycles. The summed E-state index contributed by atoms with van der Waals surface area (Å²) in [5, 5.41) is 0.978. The van der Waals surface area contributed by atoms with Crippen LogP contribution < -0.4 is 4.74 Å². The standard InChI is InChI=1S/C17H21N3O2/c1-3-19-8-10-20(11-9-19)17(21)16-6-4-13-12-14(22-2)5-7-15(13)18-16/h4-7,12H,3,8-11H2,1-2H3. The Morgan fingerprint density at radius 1 is 1.18 bits per heavy atom. The van der Waals surface area contributed by atoms with Gasteiger partial charge in [-0.1, -0.05) is 13.0 Å². The second kappa shape index (κ2) is 6.32. The molecule has 0 saturated carbocycles. The van der Waals surface area contributed by atoms with Crippen LogP contribution in [0.4, 0.5) is 0 Å². The van der Waals surface area contributed by atoms with Crippen LogP contribution in [0, 0.1) is 0 Å². The lowest BCUT2D eigenvalue weighted by atomic mass is 10.2. The minimum atomic E-state index is 0.0217. The van der Waals surface area contributed by atoms with Gasteiger partial charge in [0.2, 0.25) is 0 Å². The van der Waals surface area contributed by atoms with Crippen molar-refractivity contribution in [3.8, 4) is 5.75 Å². The lowest BCUT2D eigenvalue weighted by molar-refractivity contribution is 0.0638. The first kappa shape index (κ1) is 14.8. The van der Waals surface area contributed by atoms with Crippen molar-refractivity contribution < 1.29 is 9.53 Å². The maximum Gasteiger partial charge on any atom is 0.272 e. The monoisotopic (exact) mass is 299 g/mol. The van der Waals surface area contributed by atoms with Crippen molar-refractivity contribution in [1.29, 1.82) is 0 Å². The van der Waals surface area contributed by atoms with Crippen molar-refractivity contribution in [2.45, 2.75) is 6.92 Å².